The number of carbonyl (C=O) groups excluding carboxylic acids is 1. The molecule has 19 heavy (non-hydrogen) atoms. The van der Waals surface area contributed by atoms with Gasteiger partial charge in [0.15, 0.2) is 0 Å². The van der Waals surface area contributed by atoms with Gasteiger partial charge in [0.05, 0.1) is 19.8 Å². The third-order valence-electron chi connectivity index (χ3n) is 2.44. The van der Waals surface area contributed by atoms with Crippen molar-refractivity contribution in [2.45, 2.75) is 0 Å². The molecule has 0 fully saturated rings. The molecule has 2 rings (SSSR count). The van der Waals surface area contributed by atoms with Crippen LogP contribution < -0.4 is 14.8 Å². The number of amides is 1. The second kappa shape index (κ2) is 5.81. The molecule has 0 aliphatic carbocycles. The number of hydrogen-bond donors (Lipinski definition) is 1. The zero-order valence-corrected chi connectivity index (χ0v) is 10.6. The number of nitrogens with one attached hydrogen (secondary N) is 1. The van der Waals surface area contributed by atoms with Gasteiger partial charge in [-0.15, -0.1) is 0 Å². The van der Waals surface area contributed by atoms with E-state index in [2.05, 4.69) is 15.3 Å². The topological polar surface area (TPSA) is 73.3 Å². The van der Waals surface area contributed by atoms with Gasteiger partial charge in [0, 0.05) is 18.5 Å². The number of ether oxygens (including phenoxy) is 2. The van der Waals surface area contributed by atoms with Gasteiger partial charge in [-0.2, -0.15) is 0 Å². The SMILES string of the molecule is COc1ccc(C(=O)Nc2ncccn2)c(OC)c1. The Morgan fingerprint density at radius 3 is 2.53 bits per heavy atom. The van der Waals surface area contributed by atoms with Crippen LogP contribution in [0.25, 0.3) is 0 Å². The Balaban J connectivity index is 2.24. The lowest BCUT2D eigenvalue weighted by atomic mass is 10.2. The highest BCUT2D eigenvalue weighted by Crippen LogP contribution is 2.24. The molecule has 0 bridgehead atoms. The van der Waals surface area contributed by atoms with Crippen LogP contribution in [-0.2, 0) is 0 Å². The number of methoxy groups -OCH3 is 2. The lowest BCUT2D eigenvalue weighted by Crippen LogP contribution is -2.15. The number of anilines is 1. The molecule has 0 spiro atoms. The molecule has 1 aromatic heterocycles. The molecule has 6 nitrogen and oxygen atoms in total. The van der Waals surface area contributed by atoms with Gasteiger partial charge in [-0.3, -0.25) is 10.1 Å². The fourth-order valence-electron chi connectivity index (χ4n) is 1.52. The van der Waals surface area contributed by atoms with Crippen molar-refractivity contribution in [1.29, 1.82) is 0 Å². The van der Waals surface area contributed by atoms with Crippen molar-refractivity contribution >= 4 is 11.9 Å². The monoisotopic (exact) mass is 259 g/mol. The first-order valence-corrected chi connectivity index (χ1v) is 5.55. The van der Waals surface area contributed by atoms with Gasteiger partial charge < -0.3 is 9.47 Å². The average molecular weight is 259 g/mol. The van der Waals surface area contributed by atoms with Crippen LogP contribution in [0.2, 0.25) is 0 Å². The smallest absolute Gasteiger partial charge is 0.261 e. The summed E-state index contributed by atoms with van der Waals surface area (Å²) in [6, 6.07) is 6.61. The van der Waals surface area contributed by atoms with Gasteiger partial charge >= 0.3 is 0 Å². The Morgan fingerprint density at radius 1 is 1.16 bits per heavy atom. The van der Waals surface area contributed by atoms with E-state index in [1.165, 1.54) is 7.11 Å². The van der Waals surface area contributed by atoms with Crippen molar-refractivity contribution in [2.24, 2.45) is 0 Å². The predicted molar refractivity (Wildman–Crippen MR) is 69.5 cm³/mol. The number of nitrogens with zero attached hydrogens (tertiary/aromatic N) is 2. The molecule has 98 valence electrons. The summed E-state index contributed by atoms with van der Waals surface area (Å²) >= 11 is 0. The summed E-state index contributed by atoms with van der Waals surface area (Å²) in [6.45, 7) is 0. The van der Waals surface area contributed by atoms with Gasteiger partial charge in [0.2, 0.25) is 5.95 Å². The highest BCUT2D eigenvalue weighted by atomic mass is 16.5. The number of carbonyl (C=O) groups is 1. The normalized spacial score (nSPS) is 9.79. The lowest BCUT2D eigenvalue weighted by Gasteiger charge is -2.09. The summed E-state index contributed by atoms with van der Waals surface area (Å²) in [6.07, 6.45) is 3.10. The molecule has 1 aromatic carbocycles. The molecule has 6 heteroatoms. The molecule has 0 unspecified atom stereocenters. The van der Waals surface area contributed by atoms with Gasteiger partial charge in [-0.05, 0) is 18.2 Å². The van der Waals surface area contributed by atoms with E-state index in [0.717, 1.165) is 0 Å². The quantitative estimate of drug-likeness (QED) is 0.905. The van der Waals surface area contributed by atoms with Crippen LogP contribution in [0.4, 0.5) is 5.95 Å². The van der Waals surface area contributed by atoms with Crippen LogP contribution in [0, 0.1) is 0 Å². The molecule has 0 atom stereocenters. The van der Waals surface area contributed by atoms with Gasteiger partial charge in [-0.25, -0.2) is 9.97 Å². The molecule has 1 amide bonds. The fourth-order valence-corrected chi connectivity index (χ4v) is 1.52. The number of aromatic nitrogens is 2. The summed E-state index contributed by atoms with van der Waals surface area (Å²) in [5, 5.41) is 2.59. The summed E-state index contributed by atoms with van der Waals surface area (Å²) in [7, 11) is 3.04. The summed E-state index contributed by atoms with van der Waals surface area (Å²) in [5.41, 5.74) is 0.385. The molecular formula is C13H13N3O3. The van der Waals surface area contributed by atoms with Crippen LogP contribution in [0.3, 0.4) is 0 Å². The zero-order valence-electron chi connectivity index (χ0n) is 10.6. The van der Waals surface area contributed by atoms with E-state index in [1.54, 1.807) is 43.8 Å². The van der Waals surface area contributed by atoms with Crippen molar-refractivity contribution in [3.8, 4) is 11.5 Å². The molecule has 0 aliphatic heterocycles. The van der Waals surface area contributed by atoms with E-state index in [-0.39, 0.29) is 11.9 Å². The lowest BCUT2D eigenvalue weighted by molar-refractivity contribution is 0.102. The average Bonchev–Trinajstić information content (AvgIpc) is 2.47. The van der Waals surface area contributed by atoms with Crippen molar-refractivity contribution in [3.63, 3.8) is 0 Å². The van der Waals surface area contributed by atoms with E-state index >= 15 is 0 Å². The molecule has 0 saturated carbocycles. The largest absolute Gasteiger partial charge is 0.497 e. The third kappa shape index (κ3) is 2.98. The maximum Gasteiger partial charge on any atom is 0.261 e. The van der Waals surface area contributed by atoms with E-state index < -0.39 is 0 Å². The van der Waals surface area contributed by atoms with Crippen LogP contribution in [-0.4, -0.2) is 30.1 Å². The number of benzene rings is 1. The van der Waals surface area contributed by atoms with Crippen molar-refractivity contribution < 1.29 is 14.3 Å². The van der Waals surface area contributed by atoms with Crippen LogP contribution in [0.1, 0.15) is 10.4 Å². The molecule has 0 radical (unpaired) electrons. The Bertz CT molecular complexity index is 573. The maximum atomic E-state index is 12.1. The Hall–Kier alpha value is -2.63. The first-order valence-electron chi connectivity index (χ1n) is 5.55. The number of rotatable bonds is 4. The fraction of sp³-hybridized carbons (Fsp3) is 0.154. The standard InChI is InChI=1S/C13H13N3O3/c1-18-9-4-5-10(11(8-9)19-2)12(17)16-13-14-6-3-7-15-13/h3-8H,1-2H3,(H,14,15,16,17). The van der Waals surface area contributed by atoms with E-state index in [1.807, 2.05) is 0 Å². The summed E-state index contributed by atoms with van der Waals surface area (Å²) in [4.78, 5) is 19.9. The van der Waals surface area contributed by atoms with Crippen molar-refractivity contribution in [2.75, 3.05) is 19.5 Å². The van der Waals surface area contributed by atoms with E-state index in [9.17, 15) is 4.79 Å². The van der Waals surface area contributed by atoms with Crippen LogP contribution in [0.15, 0.2) is 36.7 Å². The Morgan fingerprint density at radius 2 is 1.89 bits per heavy atom. The van der Waals surface area contributed by atoms with Crippen molar-refractivity contribution in [3.05, 3.63) is 42.2 Å². The van der Waals surface area contributed by atoms with Crippen molar-refractivity contribution in [1.82, 2.24) is 9.97 Å². The third-order valence-corrected chi connectivity index (χ3v) is 2.44. The number of hydrogen-bond acceptors (Lipinski definition) is 5. The highest BCUT2D eigenvalue weighted by molar-refractivity contribution is 6.05. The second-order valence-corrected chi connectivity index (χ2v) is 3.59. The molecule has 1 N–H and O–H groups in total. The minimum atomic E-state index is -0.342. The van der Waals surface area contributed by atoms with Gasteiger partial charge in [-0.1, -0.05) is 0 Å². The first-order chi connectivity index (χ1) is 9.24. The van der Waals surface area contributed by atoms with Crippen LogP contribution >= 0.6 is 0 Å². The predicted octanol–water partition coefficient (Wildman–Crippen LogP) is 1.75. The zero-order chi connectivity index (χ0) is 13.7. The molecule has 2 aromatic rings. The van der Waals surface area contributed by atoms with Crippen LogP contribution in [0.5, 0.6) is 11.5 Å². The highest BCUT2D eigenvalue weighted by Gasteiger charge is 2.14. The van der Waals surface area contributed by atoms with Gasteiger partial charge in [0.1, 0.15) is 11.5 Å². The summed E-state index contributed by atoms with van der Waals surface area (Å²) < 4.78 is 10.2. The Kier molecular flexibility index (Phi) is 3.92. The molecular weight excluding hydrogens is 246 g/mol. The first kappa shape index (κ1) is 12.8. The molecule has 1 heterocycles. The molecule has 0 saturated heterocycles. The van der Waals surface area contributed by atoms with E-state index in [0.29, 0.717) is 17.1 Å². The van der Waals surface area contributed by atoms with E-state index in [4.69, 9.17) is 9.47 Å². The maximum absolute atomic E-state index is 12.1. The second-order valence-electron chi connectivity index (χ2n) is 3.59. The Labute approximate surface area is 110 Å². The molecule has 0 aliphatic rings. The summed E-state index contributed by atoms with van der Waals surface area (Å²) in [5.74, 6) is 0.938. The minimum Gasteiger partial charge on any atom is -0.497 e. The minimum absolute atomic E-state index is 0.241. The van der Waals surface area contributed by atoms with Gasteiger partial charge in [0.25, 0.3) is 5.91 Å².